The van der Waals surface area contributed by atoms with Crippen LogP contribution in [0.3, 0.4) is 0 Å². The maximum absolute atomic E-state index is 12.6. The summed E-state index contributed by atoms with van der Waals surface area (Å²) in [5.41, 5.74) is 7.74. The van der Waals surface area contributed by atoms with E-state index in [4.69, 9.17) is 5.73 Å². The van der Waals surface area contributed by atoms with E-state index in [1.807, 2.05) is 13.0 Å². The summed E-state index contributed by atoms with van der Waals surface area (Å²) in [5, 5.41) is 4.11. The number of hydrogen-bond acceptors (Lipinski definition) is 4. The number of nitrogen functional groups attached to an aromatic ring is 1. The molecule has 2 aromatic heterocycles. The van der Waals surface area contributed by atoms with Crippen molar-refractivity contribution in [2.24, 2.45) is 0 Å². The van der Waals surface area contributed by atoms with E-state index in [1.54, 1.807) is 6.20 Å². The van der Waals surface area contributed by atoms with Crippen LogP contribution in [-0.2, 0) is 0 Å². The Labute approximate surface area is 128 Å². The van der Waals surface area contributed by atoms with Crippen molar-refractivity contribution in [1.82, 2.24) is 10.3 Å². The highest BCUT2D eigenvalue weighted by atomic mass is 32.1. The number of nitrogens with zero attached hydrogens (tertiary/aromatic N) is 1. The molecule has 1 fully saturated rings. The standard InChI is InChI=1S/C16H21N3OS/c1-10-6-9-18-15-11(10)12(17)13(21-15)14(20)19-16(2)7-4-3-5-8-16/h6,9H,3-5,7-8,17H2,1-2H3,(H,19,20). The van der Waals surface area contributed by atoms with Crippen LogP contribution in [0.2, 0.25) is 0 Å². The largest absolute Gasteiger partial charge is 0.397 e. The number of rotatable bonds is 2. The van der Waals surface area contributed by atoms with Crippen molar-refractivity contribution in [3.63, 3.8) is 0 Å². The molecule has 0 bridgehead atoms. The van der Waals surface area contributed by atoms with Gasteiger partial charge >= 0.3 is 0 Å². The number of amides is 1. The number of aromatic nitrogens is 1. The number of fused-ring (bicyclic) bond motifs is 1. The van der Waals surface area contributed by atoms with E-state index in [2.05, 4.69) is 17.2 Å². The Morgan fingerprint density at radius 2 is 2.10 bits per heavy atom. The molecule has 2 heterocycles. The first-order chi connectivity index (χ1) is 10.0. The SMILES string of the molecule is Cc1ccnc2sc(C(=O)NC3(C)CCCCC3)c(N)c12. The van der Waals surface area contributed by atoms with Crippen LogP contribution in [0.5, 0.6) is 0 Å². The van der Waals surface area contributed by atoms with Gasteiger partial charge in [-0.25, -0.2) is 4.98 Å². The quantitative estimate of drug-likeness (QED) is 0.890. The normalized spacial score (nSPS) is 17.8. The van der Waals surface area contributed by atoms with Crippen LogP contribution in [0, 0.1) is 6.92 Å². The Morgan fingerprint density at radius 3 is 2.76 bits per heavy atom. The molecule has 0 atom stereocenters. The fourth-order valence-electron chi connectivity index (χ4n) is 3.16. The summed E-state index contributed by atoms with van der Waals surface area (Å²) in [4.78, 5) is 18.4. The smallest absolute Gasteiger partial charge is 0.263 e. The van der Waals surface area contributed by atoms with Crippen LogP contribution in [0.4, 0.5) is 5.69 Å². The summed E-state index contributed by atoms with van der Waals surface area (Å²) in [5.74, 6) is -0.0562. The average molecular weight is 303 g/mol. The lowest BCUT2D eigenvalue weighted by Crippen LogP contribution is -2.47. The lowest BCUT2D eigenvalue weighted by Gasteiger charge is -2.34. The van der Waals surface area contributed by atoms with Gasteiger partial charge in [-0.2, -0.15) is 0 Å². The summed E-state index contributed by atoms with van der Waals surface area (Å²) in [7, 11) is 0. The minimum Gasteiger partial charge on any atom is -0.397 e. The van der Waals surface area contributed by atoms with Crippen LogP contribution in [0.25, 0.3) is 10.2 Å². The molecule has 0 aromatic carbocycles. The van der Waals surface area contributed by atoms with Gasteiger partial charge in [-0.3, -0.25) is 4.79 Å². The molecule has 4 nitrogen and oxygen atoms in total. The second-order valence-electron chi connectivity index (χ2n) is 6.23. The molecule has 1 amide bonds. The minimum atomic E-state index is -0.0968. The highest BCUT2D eigenvalue weighted by molar-refractivity contribution is 7.21. The summed E-state index contributed by atoms with van der Waals surface area (Å²) >= 11 is 1.39. The Morgan fingerprint density at radius 1 is 1.38 bits per heavy atom. The Hall–Kier alpha value is -1.62. The maximum Gasteiger partial charge on any atom is 0.263 e. The van der Waals surface area contributed by atoms with E-state index in [0.29, 0.717) is 10.6 Å². The molecule has 112 valence electrons. The van der Waals surface area contributed by atoms with Crippen molar-refractivity contribution in [2.45, 2.75) is 51.5 Å². The topological polar surface area (TPSA) is 68.0 Å². The van der Waals surface area contributed by atoms with E-state index in [0.717, 1.165) is 28.6 Å². The van der Waals surface area contributed by atoms with E-state index < -0.39 is 0 Å². The van der Waals surface area contributed by atoms with E-state index in [-0.39, 0.29) is 11.4 Å². The van der Waals surface area contributed by atoms with Crippen molar-refractivity contribution in [1.29, 1.82) is 0 Å². The summed E-state index contributed by atoms with van der Waals surface area (Å²) in [6.45, 7) is 4.13. The maximum atomic E-state index is 12.6. The minimum absolute atomic E-state index is 0.0562. The van der Waals surface area contributed by atoms with Crippen molar-refractivity contribution in [2.75, 3.05) is 5.73 Å². The van der Waals surface area contributed by atoms with Gasteiger partial charge in [0.05, 0.1) is 5.69 Å². The molecule has 1 aliphatic carbocycles. The first-order valence-electron chi connectivity index (χ1n) is 7.46. The molecule has 0 aliphatic heterocycles. The fourth-order valence-corrected chi connectivity index (χ4v) is 4.20. The third-order valence-corrected chi connectivity index (χ3v) is 5.53. The molecule has 2 aromatic rings. The molecule has 3 rings (SSSR count). The second kappa shape index (κ2) is 5.30. The van der Waals surface area contributed by atoms with E-state index >= 15 is 0 Å². The Bertz CT molecular complexity index is 686. The van der Waals surface area contributed by atoms with Gasteiger partial charge in [-0.05, 0) is 38.3 Å². The number of anilines is 1. The van der Waals surface area contributed by atoms with Crippen LogP contribution in [0.15, 0.2) is 12.3 Å². The zero-order valence-corrected chi connectivity index (χ0v) is 13.3. The van der Waals surface area contributed by atoms with Crippen molar-refractivity contribution >= 4 is 33.1 Å². The highest BCUT2D eigenvalue weighted by Crippen LogP contribution is 2.35. The van der Waals surface area contributed by atoms with Crippen molar-refractivity contribution < 1.29 is 4.79 Å². The van der Waals surface area contributed by atoms with Gasteiger partial charge in [0.1, 0.15) is 9.71 Å². The number of carbonyl (C=O) groups excluding carboxylic acids is 1. The number of carbonyl (C=O) groups is 1. The van der Waals surface area contributed by atoms with Gasteiger partial charge in [-0.15, -0.1) is 11.3 Å². The van der Waals surface area contributed by atoms with Gasteiger partial charge < -0.3 is 11.1 Å². The summed E-state index contributed by atoms with van der Waals surface area (Å²) < 4.78 is 0. The number of aryl methyl sites for hydroxylation is 1. The van der Waals surface area contributed by atoms with Crippen LogP contribution in [-0.4, -0.2) is 16.4 Å². The van der Waals surface area contributed by atoms with Crippen LogP contribution in [0.1, 0.15) is 54.3 Å². The zero-order chi connectivity index (χ0) is 15.0. The number of thiophene rings is 1. The van der Waals surface area contributed by atoms with Gasteiger partial charge in [0.2, 0.25) is 0 Å². The molecule has 0 unspecified atom stereocenters. The monoisotopic (exact) mass is 303 g/mol. The Balaban J connectivity index is 1.91. The van der Waals surface area contributed by atoms with Gasteiger partial charge in [0, 0.05) is 17.1 Å². The Kier molecular flexibility index (Phi) is 3.61. The number of nitrogens with two attached hydrogens (primary N) is 1. The average Bonchev–Trinajstić information content (AvgIpc) is 2.78. The lowest BCUT2D eigenvalue weighted by atomic mass is 9.83. The van der Waals surface area contributed by atoms with Gasteiger partial charge in [0.15, 0.2) is 0 Å². The summed E-state index contributed by atoms with van der Waals surface area (Å²) in [6.07, 6.45) is 7.47. The number of nitrogens with one attached hydrogen (secondary N) is 1. The third-order valence-electron chi connectivity index (χ3n) is 4.42. The third kappa shape index (κ3) is 2.62. The molecule has 0 radical (unpaired) electrons. The molecule has 0 saturated heterocycles. The number of pyridine rings is 1. The highest BCUT2D eigenvalue weighted by Gasteiger charge is 2.30. The zero-order valence-electron chi connectivity index (χ0n) is 12.5. The predicted octanol–water partition coefficient (Wildman–Crippen LogP) is 3.64. The molecular formula is C16H21N3OS. The summed E-state index contributed by atoms with van der Waals surface area (Å²) in [6, 6.07) is 1.93. The number of hydrogen-bond donors (Lipinski definition) is 2. The molecule has 21 heavy (non-hydrogen) atoms. The molecule has 1 aliphatic rings. The van der Waals surface area contributed by atoms with Crippen molar-refractivity contribution in [3.05, 3.63) is 22.7 Å². The molecule has 5 heteroatoms. The molecule has 1 saturated carbocycles. The van der Waals surface area contributed by atoms with E-state index in [9.17, 15) is 4.79 Å². The van der Waals surface area contributed by atoms with Crippen LogP contribution >= 0.6 is 11.3 Å². The van der Waals surface area contributed by atoms with Gasteiger partial charge in [-0.1, -0.05) is 19.3 Å². The van der Waals surface area contributed by atoms with Crippen molar-refractivity contribution in [3.8, 4) is 0 Å². The molecular weight excluding hydrogens is 282 g/mol. The second-order valence-corrected chi connectivity index (χ2v) is 7.23. The molecule has 3 N–H and O–H groups in total. The predicted molar refractivity (Wildman–Crippen MR) is 87.7 cm³/mol. The van der Waals surface area contributed by atoms with Crippen LogP contribution < -0.4 is 11.1 Å². The first-order valence-corrected chi connectivity index (χ1v) is 8.28. The molecule has 0 spiro atoms. The van der Waals surface area contributed by atoms with E-state index in [1.165, 1.54) is 30.6 Å². The van der Waals surface area contributed by atoms with Gasteiger partial charge in [0.25, 0.3) is 5.91 Å². The first kappa shape index (κ1) is 14.3. The fraction of sp³-hybridized carbons (Fsp3) is 0.500. The lowest BCUT2D eigenvalue weighted by molar-refractivity contribution is 0.0888.